The van der Waals surface area contributed by atoms with Crippen molar-refractivity contribution in [1.29, 1.82) is 0 Å². The molecule has 0 spiro atoms. The highest BCUT2D eigenvalue weighted by atomic mass is 16.7. The van der Waals surface area contributed by atoms with E-state index in [4.69, 9.17) is 14.6 Å². The quantitative estimate of drug-likeness (QED) is 0.541. The zero-order valence-corrected chi connectivity index (χ0v) is 9.71. The van der Waals surface area contributed by atoms with Gasteiger partial charge in [0.2, 0.25) is 0 Å². The molecule has 1 heterocycles. The van der Waals surface area contributed by atoms with Crippen LogP contribution in [-0.2, 0) is 9.47 Å². The van der Waals surface area contributed by atoms with Gasteiger partial charge in [0.15, 0.2) is 6.29 Å². The summed E-state index contributed by atoms with van der Waals surface area (Å²) in [5.74, 6) is 0. The summed E-state index contributed by atoms with van der Waals surface area (Å²) in [6, 6.07) is 0. The first-order chi connectivity index (χ1) is 7.70. The van der Waals surface area contributed by atoms with Gasteiger partial charge in [0.25, 0.3) is 0 Å². The Hall–Kier alpha value is -0.200. The summed E-state index contributed by atoms with van der Waals surface area (Å²) in [5, 5.41) is 27.9. The van der Waals surface area contributed by atoms with Crippen LogP contribution in [0.5, 0.6) is 0 Å². The van der Waals surface area contributed by atoms with Crippen LogP contribution in [0.1, 0.15) is 32.6 Å². The van der Waals surface area contributed by atoms with E-state index >= 15 is 0 Å². The molecule has 0 saturated carbocycles. The van der Waals surface area contributed by atoms with Crippen molar-refractivity contribution in [3.05, 3.63) is 0 Å². The van der Waals surface area contributed by atoms with Crippen molar-refractivity contribution in [1.82, 2.24) is 0 Å². The SMILES string of the molecule is CCCCCCO[C@H]1O[C@H](CO)[C@@H](O)[C@@H]1O. The number of hydrogen-bond acceptors (Lipinski definition) is 5. The fourth-order valence-corrected chi connectivity index (χ4v) is 1.73. The van der Waals surface area contributed by atoms with Crippen molar-refractivity contribution in [3.63, 3.8) is 0 Å². The lowest BCUT2D eigenvalue weighted by Crippen LogP contribution is -2.34. The number of hydrogen-bond donors (Lipinski definition) is 3. The van der Waals surface area contributed by atoms with Crippen LogP contribution in [0, 0.1) is 0 Å². The molecule has 1 rings (SSSR count). The molecular formula is C11H22O5. The van der Waals surface area contributed by atoms with Crippen LogP contribution in [0.3, 0.4) is 0 Å². The summed E-state index contributed by atoms with van der Waals surface area (Å²) < 4.78 is 10.5. The van der Waals surface area contributed by atoms with Crippen LogP contribution in [0.25, 0.3) is 0 Å². The number of aliphatic hydroxyl groups excluding tert-OH is 3. The summed E-state index contributed by atoms with van der Waals surface area (Å²) in [5.41, 5.74) is 0. The first-order valence-corrected chi connectivity index (χ1v) is 5.94. The molecule has 96 valence electrons. The minimum atomic E-state index is -1.07. The molecule has 16 heavy (non-hydrogen) atoms. The Kier molecular flexibility index (Phi) is 6.23. The molecular weight excluding hydrogens is 212 g/mol. The molecule has 1 aliphatic rings. The van der Waals surface area contributed by atoms with E-state index in [9.17, 15) is 10.2 Å². The second-order valence-electron chi connectivity index (χ2n) is 4.14. The highest BCUT2D eigenvalue weighted by molar-refractivity contribution is 4.86. The zero-order chi connectivity index (χ0) is 12.0. The Morgan fingerprint density at radius 2 is 1.88 bits per heavy atom. The molecule has 1 aliphatic heterocycles. The Morgan fingerprint density at radius 3 is 2.44 bits per heavy atom. The highest BCUT2D eigenvalue weighted by Gasteiger charge is 2.42. The van der Waals surface area contributed by atoms with E-state index < -0.39 is 24.6 Å². The lowest BCUT2D eigenvalue weighted by atomic mass is 10.1. The van der Waals surface area contributed by atoms with Crippen LogP contribution in [0.2, 0.25) is 0 Å². The first-order valence-electron chi connectivity index (χ1n) is 5.94. The molecule has 5 heteroatoms. The van der Waals surface area contributed by atoms with E-state index in [0.717, 1.165) is 19.3 Å². The average molecular weight is 234 g/mol. The third-order valence-electron chi connectivity index (χ3n) is 2.78. The van der Waals surface area contributed by atoms with Crippen LogP contribution in [0.4, 0.5) is 0 Å². The van der Waals surface area contributed by atoms with E-state index in [1.807, 2.05) is 0 Å². The first kappa shape index (κ1) is 13.9. The highest BCUT2D eigenvalue weighted by Crippen LogP contribution is 2.22. The lowest BCUT2D eigenvalue weighted by Gasteiger charge is -2.15. The minimum absolute atomic E-state index is 0.312. The fraction of sp³-hybridized carbons (Fsp3) is 1.00. The molecule has 0 aromatic heterocycles. The normalized spacial score (nSPS) is 34.5. The van der Waals surface area contributed by atoms with Gasteiger partial charge in [-0.25, -0.2) is 0 Å². The average Bonchev–Trinajstić information content (AvgIpc) is 2.56. The Labute approximate surface area is 96.0 Å². The molecule has 5 nitrogen and oxygen atoms in total. The van der Waals surface area contributed by atoms with E-state index in [2.05, 4.69) is 6.92 Å². The fourth-order valence-electron chi connectivity index (χ4n) is 1.73. The van der Waals surface area contributed by atoms with Gasteiger partial charge in [0.1, 0.15) is 18.3 Å². The predicted octanol–water partition coefficient (Wildman–Crippen LogP) is 0.0223. The minimum Gasteiger partial charge on any atom is -0.394 e. The van der Waals surface area contributed by atoms with Crippen molar-refractivity contribution in [2.75, 3.05) is 13.2 Å². The van der Waals surface area contributed by atoms with E-state index in [1.54, 1.807) is 0 Å². The number of aliphatic hydroxyl groups is 3. The molecule has 4 atom stereocenters. The molecule has 0 aliphatic carbocycles. The van der Waals surface area contributed by atoms with E-state index in [-0.39, 0.29) is 6.61 Å². The van der Waals surface area contributed by atoms with Gasteiger partial charge >= 0.3 is 0 Å². The molecule has 0 bridgehead atoms. The summed E-state index contributed by atoms with van der Waals surface area (Å²) in [6.45, 7) is 2.33. The third kappa shape index (κ3) is 3.68. The van der Waals surface area contributed by atoms with Gasteiger partial charge in [-0.05, 0) is 6.42 Å². The van der Waals surface area contributed by atoms with Crippen molar-refractivity contribution < 1.29 is 24.8 Å². The molecule has 3 N–H and O–H groups in total. The van der Waals surface area contributed by atoms with E-state index in [0.29, 0.717) is 6.61 Å². The molecule has 1 saturated heterocycles. The van der Waals surface area contributed by atoms with Gasteiger partial charge < -0.3 is 24.8 Å². The zero-order valence-electron chi connectivity index (χ0n) is 9.71. The van der Waals surface area contributed by atoms with Gasteiger partial charge in [-0.3, -0.25) is 0 Å². The number of ether oxygens (including phenoxy) is 2. The van der Waals surface area contributed by atoms with Crippen molar-refractivity contribution in [2.45, 2.75) is 57.2 Å². The van der Waals surface area contributed by atoms with Gasteiger partial charge in [-0.15, -0.1) is 0 Å². The molecule has 0 aromatic carbocycles. The molecule has 0 aromatic rings. The Balaban J connectivity index is 2.17. The maximum Gasteiger partial charge on any atom is 0.186 e. The molecule has 1 fully saturated rings. The summed E-state index contributed by atoms with van der Waals surface area (Å²) >= 11 is 0. The monoisotopic (exact) mass is 234 g/mol. The van der Waals surface area contributed by atoms with Crippen molar-refractivity contribution in [3.8, 4) is 0 Å². The van der Waals surface area contributed by atoms with Gasteiger partial charge in [0, 0.05) is 6.61 Å². The van der Waals surface area contributed by atoms with Crippen LogP contribution < -0.4 is 0 Å². The molecule has 0 unspecified atom stereocenters. The second-order valence-corrected chi connectivity index (χ2v) is 4.14. The van der Waals surface area contributed by atoms with Crippen molar-refractivity contribution in [2.24, 2.45) is 0 Å². The van der Waals surface area contributed by atoms with Crippen LogP contribution >= 0.6 is 0 Å². The molecule has 0 amide bonds. The Bertz CT molecular complexity index is 187. The van der Waals surface area contributed by atoms with Gasteiger partial charge in [-0.1, -0.05) is 26.2 Å². The molecule has 0 radical (unpaired) electrons. The lowest BCUT2D eigenvalue weighted by molar-refractivity contribution is -0.169. The van der Waals surface area contributed by atoms with Gasteiger partial charge in [0.05, 0.1) is 6.61 Å². The standard InChI is InChI=1S/C11H22O5/c1-2-3-4-5-6-15-11-10(14)9(13)8(7-12)16-11/h8-14H,2-7H2,1H3/t8-,9-,10+,11+/m1/s1. The largest absolute Gasteiger partial charge is 0.394 e. The predicted molar refractivity (Wildman–Crippen MR) is 57.9 cm³/mol. The smallest absolute Gasteiger partial charge is 0.186 e. The maximum atomic E-state index is 9.55. The number of unbranched alkanes of at least 4 members (excludes halogenated alkanes) is 3. The summed E-state index contributed by atoms with van der Waals surface area (Å²) in [4.78, 5) is 0. The summed E-state index contributed by atoms with van der Waals surface area (Å²) in [7, 11) is 0. The third-order valence-corrected chi connectivity index (χ3v) is 2.78. The summed E-state index contributed by atoms with van der Waals surface area (Å²) in [6.07, 6.45) is 0.650. The van der Waals surface area contributed by atoms with Gasteiger partial charge in [-0.2, -0.15) is 0 Å². The topological polar surface area (TPSA) is 79.2 Å². The second kappa shape index (κ2) is 7.19. The Morgan fingerprint density at radius 1 is 1.12 bits per heavy atom. The van der Waals surface area contributed by atoms with E-state index in [1.165, 1.54) is 6.42 Å². The van der Waals surface area contributed by atoms with Crippen LogP contribution in [0.15, 0.2) is 0 Å². The van der Waals surface area contributed by atoms with Crippen molar-refractivity contribution >= 4 is 0 Å². The van der Waals surface area contributed by atoms with Crippen LogP contribution in [-0.4, -0.2) is 53.1 Å². The number of rotatable bonds is 7. The maximum absolute atomic E-state index is 9.55.